The van der Waals surface area contributed by atoms with E-state index < -0.39 is 0 Å². The molecule has 1 aromatic carbocycles. The summed E-state index contributed by atoms with van der Waals surface area (Å²) in [6.07, 6.45) is 4.53. The molecule has 2 aliphatic rings. The van der Waals surface area contributed by atoms with Crippen molar-refractivity contribution < 1.29 is 9.53 Å². The Kier molecular flexibility index (Phi) is 5.22. The molecule has 0 aliphatic carbocycles. The van der Waals surface area contributed by atoms with Crippen LogP contribution in [0.3, 0.4) is 0 Å². The van der Waals surface area contributed by atoms with Crippen molar-refractivity contribution in [2.24, 2.45) is 9.98 Å². The molecule has 0 amide bonds. The van der Waals surface area contributed by atoms with Gasteiger partial charge in [-0.25, -0.2) is 0 Å². The fraction of sp³-hybridized carbons (Fsp3) is 0.273. The molecule has 0 spiro atoms. The number of carbonyl (C=O) groups is 1. The van der Waals surface area contributed by atoms with E-state index in [9.17, 15) is 4.79 Å². The Balaban J connectivity index is 1.88. The summed E-state index contributed by atoms with van der Waals surface area (Å²) in [6.45, 7) is 2.09. The highest BCUT2D eigenvalue weighted by molar-refractivity contribution is 9.10. The van der Waals surface area contributed by atoms with E-state index in [1.165, 1.54) is 12.7 Å². The monoisotopic (exact) mass is 437 g/mol. The van der Waals surface area contributed by atoms with Gasteiger partial charge in [-0.3, -0.25) is 19.8 Å². The number of hydrogen-bond acceptors (Lipinski definition) is 5. The zero-order valence-corrected chi connectivity index (χ0v) is 17.3. The van der Waals surface area contributed by atoms with Gasteiger partial charge >= 0.3 is 5.97 Å². The normalized spacial score (nSPS) is 20.3. The molecular formula is C22H20BrN3O2. The number of pyridine rings is 1. The first-order valence-electron chi connectivity index (χ1n) is 9.18. The van der Waals surface area contributed by atoms with E-state index in [1.54, 1.807) is 6.20 Å². The summed E-state index contributed by atoms with van der Waals surface area (Å²) in [4.78, 5) is 26.1. The molecule has 2 aliphatic heterocycles. The molecule has 6 heteroatoms. The van der Waals surface area contributed by atoms with Gasteiger partial charge in [0, 0.05) is 34.8 Å². The lowest BCUT2D eigenvalue weighted by atomic mass is 9.83. The number of aromatic nitrogens is 1. The van der Waals surface area contributed by atoms with Crippen LogP contribution in [0.15, 0.2) is 68.8 Å². The van der Waals surface area contributed by atoms with Gasteiger partial charge < -0.3 is 4.74 Å². The van der Waals surface area contributed by atoms with Crippen molar-refractivity contribution in [1.29, 1.82) is 0 Å². The van der Waals surface area contributed by atoms with E-state index in [0.717, 1.165) is 32.7 Å². The van der Waals surface area contributed by atoms with Gasteiger partial charge in [0.2, 0.25) is 0 Å². The van der Waals surface area contributed by atoms with Gasteiger partial charge in [0.15, 0.2) is 0 Å². The first-order valence-corrected chi connectivity index (χ1v) is 9.98. The lowest BCUT2D eigenvalue weighted by molar-refractivity contribution is -0.140. The third-order valence-corrected chi connectivity index (χ3v) is 5.63. The summed E-state index contributed by atoms with van der Waals surface area (Å²) in [5.74, 6) is -0.172. The molecule has 0 N–H and O–H groups in total. The number of aliphatic imine (C=N–C) groups is 2. The van der Waals surface area contributed by atoms with Crippen molar-refractivity contribution in [3.63, 3.8) is 0 Å². The van der Waals surface area contributed by atoms with Crippen molar-refractivity contribution >= 4 is 33.3 Å². The zero-order valence-electron chi connectivity index (χ0n) is 15.7. The van der Waals surface area contributed by atoms with Crippen LogP contribution < -0.4 is 0 Å². The van der Waals surface area contributed by atoms with Crippen molar-refractivity contribution in [3.8, 4) is 0 Å². The first-order chi connectivity index (χ1) is 13.6. The largest absolute Gasteiger partial charge is 0.469 e. The lowest BCUT2D eigenvalue weighted by Gasteiger charge is -2.19. The van der Waals surface area contributed by atoms with E-state index in [4.69, 9.17) is 14.7 Å². The number of esters is 1. The fourth-order valence-corrected chi connectivity index (χ4v) is 4.16. The highest BCUT2D eigenvalue weighted by Gasteiger charge is 2.36. The smallest absolute Gasteiger partial charge is 0.305 e. The molecule has 2 aromatic rings. The quantitative estimate of drug-likeness (QED) is 0.663. The van der Waals surface area contributed by atoms with Gasteiger partial charge in [0.25, 0.3) is 0 Å². The van der Waals surface area contributed by atoms with Crippen LogP contribution in [0.5, 0.6) is 0 Å². The number of hydrogen-bond donors (Lipinski definition) is 0. The fourth-order valence-electron chi connectivity index (χ4n) is 3.79. The minimum atomic E-state index is -0.237. The van der Waals surface area contributed by atoms with Crippen LogP contribution in [0.4, 0.5) is 0 Å². The number of methoxy groups -OCH3 is 1. The molecule has 1 unspecified atom stereocenters. The van der Waals surface area contributed by atoms with Crippen molar-refractivity contribution in [1.82, 2.24) is 4.98 Å². The number of ether oxygens (including phenoxy) is 1. The van der Waals surface area contributed by atoms with Crippen LogP contribution in [-0.4, -0.2) is 35.5 Å². The van der Waals surface area contributed by atoms with Gasteiger partial charge in [-0.05, 0) is 48.7 Å². The second kappa shape index (κ2) is 7.80. The summed E-state index contributed by atoms with van der Waals surface area (Å²) in [5, 5.41) is 0. The number of fused-ring (bicyclic) bond motifs is 3. The third-order valence-electron chi connectivity index (χ3n) is 5.13. The second-order valence-electron chi connectivity index (χ2n) is 6.91. The van der Waals surface area contributed by atoms with Gasteiger partial charge in [-0.2, -0.15) is 0 Å². The van der Waals surface area contributed by atoms with E-state index in [2.05, 4.69) is 40.0 Å². The highest BCUT2D eigenvalue weighted by Crippen LogP contribution is 2.39. The summed E-state index contributed by atoms with van der Waals surface area (Å²) >= 11 is 3.60. The number of nitrogens with zero attached hydrogens (tertiary/aromatic N) is 3. The van der Waals surface area contributed by atoms with Crippen LogP contribution in [0.2, 0.25) is 0 Å². The Bertz CT molecular complexity index is 1010. The first kappa shape index (κ1) is 18.7. The van der Waals surface area contributed by atoms with Gasteiger partial charge in [-0.1, -0.05) is 28.1 Å². The summed E-state index contributed by atoms with van der Waals surface area (Å²) in [6, 6.07) is 11.9. The molecule has 3 heterocycles. The van der Waals surface area contributed by atoms with Crippen LogP contribution >= 0.6 is 15.9 Å². The molecule has 0 saturated carbocycles. The van der Waals surface area contributed by atoms with Crippen LogP contribution in [0.1, 0.15) is 42.5 Å². The SMILES string of the molecule is COC(=O)CC[C@@H]1N=C(c2ccccn2)c2cc(Br)ccc2C2C(C)=CN=C21. The maximum atomic E-state index is 11.8. The second-order valence-corrected chi connectivity index (χ2v) is 7.83. The highest BCUT2D eigenvalue weighted by atomic mass is 79.9. The third kappa shape index (κ3) is 3.44. The van der Waals surface area contributed by atoms with Gasteiger partial charge in [0.05, 0.1) is 30.3 Å². The average molecular weight is 438 g/mol. The van der Waals surface area contributed by atoms with E-state index >= 15 is 0 Å². The van der Waals surface area contributed by atoms with E-state index in [0.29, 0.717) is 12.8 Å². The maximum Gasteiger partial charge on any atom is 0.305 e. The Labute approximate surface area is 172 Å². The zero-order chi connectivity index (χ0) is 19.7. The molecule has 28 heavy (non-hydrogen) atoms. The van der Waals surface area contributed by atoms with E-state index in [-0.39, 0.29) is 17.9 Å². The minimum Gasteiger partial charge on any atom is -0.469 e. The predicted octanol–water partition coefficient (Wildman–Crippen LogP) is 4.46. The molecule has 0 bridgehead atoms. The summed E-state index contributed by atoms with van der Waals surface area (Å²) in [7, 11) is 1.41. The Morgan fingerprint density at radius 3 is 2.86 bits per heavy atom. The Morgan fingerprint density at radius 1 is 1.25 bits per heavy atom. The molecule has 4 rings (SSSR count). The molecule has 1 aromatic heterocycles. The van der Waals surface area contributed by atoms with Crippen LogP contribution in [0, 0.1) is 0 Å². The number of halogens is 1. The number of carbonyl (C=O) groups excluding carboxylic acids is 1. The maximum absolute atomic E-state index is 11.8. The molecular weight excluding hydrogens is 418 g/mol. The number of benzene rings is 1. The number of allylic oxidation sites excluding steroid dienone is 1. The lowest BCUT2D eigenvalue weighted by Crippen LogP contribution is -2.24. The van der Waals surface area contributed by atoms with Crippen LogP contribution in [0.25, 0.3) is 0 Å². The Hall–Kier alpha value is -2.60. The topological polar surface area (TPSA) is 63.9 Å². The standard InChI is InChI=1S/C22H20BrN3O2/c1-13-12-25-22-18(8-9-19(27)28-2)26-21(17-5-3-4-10-24-17)16-11-14(23)6-7-15(16)20(13)22/h3-7,10-12,18,20H,8-9H2,1-2H3/t18-,20?/m0/s1. The Morgan fingerprint density at radius 2 is 2.11 bits per heavy atom. The van der Waals surface area contributed by atoms with Crippen molar-refractivity contribution in [3.05, 3.63) is 75.7 Å². The van der Waals surface area contributed by atoms with Crippen molar-refractivity contribution in [2.45, 2.75) is 31.7 Å². The molecule has 2 atom stereocenters. The molecule has 142 valence electrons. The van der Waals surface area contributed by atoms with Crippen molar-refractivity contribution in [2.75, 3.05) is 7.11 Å². The molecule has 5 nitrogen and oxygen atoms in total. The summed E-state index contributed by atoms with van der Waals surface area (Å²) in [5.41, 5.74) is 6.01. The minimum absolute atomic E-state index is 0.0655. The predicted molar refractivity (Wildman–Crippen MR) is 113 cm³/mol. The van der Waals surface area contributed by atoms with Gasteiger partial charge in [-0.15, -0.1) is 0 Å². The van der Waals surface area contributed by atoms with E-state index in [1.807, 2.05) is 30.5 Å². The van der Waals surface area contributed by atoms with Crippen LogP contribution in [-0.2, 0) is 9.53 Å². The summed E-state index contributed by atoms with van der Waals surface area (Å²) < 4.78 is 5.82. The number of rotatable bonds is 4. The molecule has 0 radical (unpaired) electrons. The van der Waals surface area contributed by atoms with Gasteiger partial charge in [0.1, 0.15) is 0 Å². The average Bonchev–Trinajstić information content (AvgIpc) is 3.03. The molecule has 0 fully saturated rings. The molecule has 0 saturated heterocycles.